The number of aromatic hydroxyl groups is 1. The number of phenolic OH excluding ortho intramolecular Hbond substituents is 1. The zero-order chi connectivity index (χ0) is 20.3. The van der Waals surface area contributed by atoms with Crippen molar-refractivity contribution in [2.45, 2.75) is 18.6 Å². The van der Waals surface area contributed by atoms with Gasteiger partial charge < -0.3 is 28.8 Å². The lowest BCUT2D eigenvalue weighted by Gasteiger charge is -2.38. The molecule has 2 atom stereocenters. The van der Waals surface area contributed by atoms with Crippen LogP contribution in [0.2, 0.25) is 0 Å². The van der Waals surface area contributed by atoms with E-state index in [0.29, 0.717) is 39.7 Å². The summed E-state index contributed by atoms with van der Waals surface area (Å²) in [6, 6.07) is 5.11. The Morgan fingerprint density at radius 1 is 1.21 bits per heavy atom. The molecule has 1 N–H and O–H groups in total. The van der Waals surface area contributed by atoms with E-state index < -0.39 is 12.1 Å². The monoisotopic (exact) mass is 399 g/mol. The maximum atomic E-state index is 12.8. The van der Waals surface area contributed by atoms with Gasteiger partial charge in [-0.15, -0.1) is 0 Å². The van der Waals surface area contributed by atoms with Crippen molar-refractivity contribution in [2.24, 2.45) is 0 Å². The molecular formula is C21H21NO7. The maximum Gasteiger partial charge on any atom is 0.343 e. The fourth-order valence-electron chi connectivity index (χ4n) is 4.53. The molecule has 0 fully saturated rings. The van der Waals surface area contributed by atoms with Gasteiger partial charge in [-0.1, -0.05) is 6.07 Å². The lowest BCUT2D eigenvalue weighted by atomic mass is 9.85. The number of ether oxygens (including phenoxy) is 5. The van der Waals surface area contributed by atoms with Crippen molar-refractivity contribution >= 4 is 5.97 Å². The first-order chi connectivity index (χ1) is 14.0. The molecule has 3 heterocycles. The highest BCUT2D eigenvalue weighted by molar-refractivity contribution is 5.98. The third kappa shape index (κ3) is 2.45. The van der Waals surface area contributed by atoms with Crippen LogP contribution in [0, 0.1) is 0 Å². The number of nitrogens with zero attached hydrogens (tertiary/aromatic N) is 1. The summed E-state index contributed by atoms with van der Waals surface area (Å²) in [4.78, 5) is 14.9. The Morgan fingerprint density at radius 3 is 2.79 bits per heavy atom. The summed E-state index contributed by atoms with van der Waals surface area (Å²) in [5.74, 6) is 1.26. The molecule has 0 radical (unpaired) electrons. The highest BCUT2D eigenvalue weighted by atomic mass is 16.7. The molecular weight excluding hydrogens is 378 g/mol. The fraction of sp³-hybridized carbons (Fsp3) is 0.381. The van der Waals surface area contributed by atoms with Crippen molar-refractivity contribution in [3.63, 3.8) is 0 Å². The summed E-state index contributed by atoms with van der Waals surface area (Å²) in [7, 11) is 4.96. The first-order valence-electron chi connectivity index (χ1n) is 9.35. The van der Waals surface area contributed by atoms with Crippen LogP contribution in [0.25, 0.3) is 0 Å². The van der Waals surface area contributed by atoms with Crippen LogP contribution >= 0.6 is 0 Å². The lowest BCUT2D eigenvalue weighted by molar-refractivity contribution is 0.00872. The highest BCUT2D eigenvalue weighted by Gasteiger charge is 2.45. The first kappa shape index (κ1) is 17.9. The number of esters is 1. The van der Waals surface area contributed by atoms with Crippen LogP contribution in [0.5, 0.6) is 28.7 Å². The zero-order valence-electron chi connectivity index (χ0n) is 16.4. The Hall–Kier alpha value is -3.13. The van der Waals surface area contributed by atoms with Crippen molar-refractivity contribution in [3.05, 3.63) is 40.5 Å². The molecule has 152 valence electrons. The maximum absolute atomic E-state index is 12.8. The van der Waals surface area contributed by atoms with Crippen LogP contribution < -0.4 is 18.9 Å². The van der Waals surface area contributed by atoms with Gasteiger partial charge in [0, 0.05) is 17.7 Å². The van der Waals surface area contributed by atoms with Crippen molar-refractivity contribution in [2.75, 3.05) is 34.6 Å². The molecule has 29 heavy (non-hydrogen) atoms. The smallest absolute Gasteiger partial charge is 0.343 e. The third-order valence-corrected chi connectivity index (χ3v) is 5.88. The molecule has 0 saturated heterocycles. The second-order valence-electron chi connectivity index (χ2n) is 7.30. The lowest BCUT2D eigenvalue weighted by Crippen LogP contribution is -2.36. The molecule has 3 aliphatic rings. The molecule has 0 spiro atoms. The van der Waals surface area contributed by atoms with Gasteiger partial charge in [-0.3, -0.25) is 4.90 Å². The van der Waals surface area contributed by atoms with E-state index in [1.54, 1.807) is 6.07 Å². The Bertz CT molecular complexity index is 1020. The van der Waals surface area contributed by atoms with E-state index in [1.165, 1.54) is 14.2 Å². The average molecular weight is 399 g/mol. The number of fused-ring (bicyclic) bond motifs is 3. The number of carbonyl (C=O) groups excluding carboxylic acids is 1. The Kier molecular flexibility index (Phi) is 3.99. The van der Waals surface area contributed by atoms with Crippen molar-refractivity contribution in [1.82, 2.24) is 4.90 Å². The Balaban J connectivity index is 1.67. The van der Waals surface area contributed by atoms with Crippen LogP contribution in [-0.4, -0.2) is 50.6 Å². The van der Waals surface area contributed by atoms with Crippen LogP contribution in [0.15, 0.2) is 18.2 Å². The number of cyclic esters (lactones) is 1. The molecule has 0 aromatic heterocycles. The van der Waals surface area contributed by atoms with Crippen LogP contribution in [0.3, 0.4) is 0 Å². The van der Waals surface area contributed by atoms with Gasteiger partial charge >= 0.3 is 5.97 Å². The number of likely N-dealkylation sites (N-methyl/N-ethyl adjacent to an activating group) is 1. The summed E-state index contributed by atoms with van der Waals surface area (Å²) in [6.07, 6.45) is 0.138. The SMILES string of the molecule is COc1ccc2c(c1OC)C(=O)O[C@H]2[C@H]1c2c(cc3c(c2O)OCO3)CCN1C. The zero-order valence-corrected chi connectivity index (χ0v) is 16.4. The first-order valence-corrected chi connectivity index (χ1v) is 9.35. The average Bonchev–Trinajstić information content (AvgIpc) is 3.32. The minimum atomic E-state index is -0.604. The van der Waals surface area contributed by atoms with Gasteiger partial charge in [0.2, 0.25) is 12.5 Å². The van der Waals surface area contributed by atoms with Gasteiger partial charge in [-0.05, 0) is 31.2 Å². The van der Waals surface area contributed by atoms with E-state index in [9.17, 15) is 9.90 Å². The van der Waals surface area contributed by atoms with Crippen LogP contribution in [0.4, 0.5) is 0 Å². The van der Waals surface area contributed by atoms with Gasteiger partial charge in [-0.2, -0.15) is 0 Å². The molecule has 8 heteroatoms. The minimum absolute atomic E-state index is 0.0384. The van der Waals surface area contributed by atoms with E-state index in [-0.39, 0.29) is 18.6 Å². The molecule has 0 amide bonds. The van der Waals surface area contributed by atoms with Gasteiger partial charge in [0.05, 0.1) is 20.3 Å². The summed E-state index contributed by atoms with van der Waals surface area (Å²) in [5, 5.41) is 11.0. The second kappa shape index (κ2) is 6.45. The minimum Gasteiger partial charge on any atom is -0.504 e. The topological polar surface area (TPSA) is 86.7 Å². The van der Waals surface area contributed by atoms with Gasteiger partial charge in [0.15, 0.2) is 23.0 Å². The normalized spacial score (nSPS) is 22.1. The molecule has 2 aromatic carbocycles. The Labute approximate surface area is 167 Å². The van der Waals surface area contributed by atoms with E-state index in [2.05, 4.69) is 4.90 Å². The molecule has 5 rings (SSSR count). The number of rotatable bonds is 3. The van der Waals surface area contributed by atoms with E-state index >= 15 is 0 Å². The van der Waals surface area contributed by atoms with Gasteiger partial charge in [0.25, 0.3) is 0 Å². The van der Waals surface area contributed by atoms with Crippen molar-refractivity contribution in [1.29, 1.82) is 0 Å². The molecule has 0 bridgehead atoms. The number of hydrogen-bond acceptors (Lipinski definition) is 8. The van der Waals surface area contributed by atoms with Crippen LogP contribution in [0.1, 0.15) is 39.2 Å². The number of phenols is 1. The Morgan fingerprint density at radius 2 is 2.03 bits per heavy atom. The second-order valence-corrected chi connectivity index (χ2v) is 7.30. The number of hydrogen-bond donors (Lipinski definition) is 1. The fourth-order valence-corrected chi connectivity index (χ4v) is 4.53. The van der Waals surface area contributed by atoms with Crippen molar-refractivity contribution < 1.29 is 33.6 Å². The summed E-state index contributed by atoms with van der Waals surface area (Å²) < 4.78 is 27.5. The van der Waals surface area contributed by atoms with E-state index in [4.69, 9.17) is 23.7 Å². The van der Waals surface area contributed by atoms with E-state index in [1.807, 2.05) is 19.2 Å². The molecule has 0 aliphatic carbocycles. The summed E-state index contributed by atoms with van der Waals surface area (Å²) in [6.45, 7) is 0.817. The van der Waals surface area contributed by atoms with Crippen LogP contribution in [-0.2, 0) is 11.2 Å². The quantitative estimate of drug-likeness (QED) is 0.789. The highest BCUT2D eigenvalue weighted by Crippen LogP contribution is 2.54. The molecule has 0 saturated carbocycles. The third-order valence-electron chi connectivity index (χ3n) is 5.88. The van der Waals surface area contributed by atoms with E-state index in [0.717, 1.165) is 18.5 Å². The van der Waals surface area contributed by atoms with Gasteiger partial charge in [-0.25, -0.2) is 4.79 Å². The standard InChI is InChI=1S/C21H21NO7/c1-22-7-6-10-8-13-20(28-9-27-13)17(23)14(10)16(22)18-11-4-5-12(25-2)19(26-3)15(11)21(24)29-18/h4-5,8,16,18,23H,6-7,9H2,1-3H3/t16-,18-/m1/s1. The number of methoxy groups -OCH3 is 2. The largest absolute Gasteiger partial charge is 0.504 e. The summed E-state index contributed by atoms with van der Waals surface area (Å²) in [5.41, 5.74) is 2.72. The number of benzene rings is 2. The van der Waals surface area contributed by atoms with Gasteiger partial charge in [0.1, 0.15) is 11.7 Å². The number of carbonyl (C=O) groups is 1. The molecule has 2 aromatic rings. The predicted octanol–water partition coefficient (Wildman–Crippen LogP) is 2.58. The molecule has 0 unspecified atom stereocenters. The molecule has 3 aliphatic heterocycles. The van der Waals surface area contributed by atoms with Crippen molar-refractivity contribution in [3.8, 4) is 28.7 Å². The summed E-state index contributed by atoms with van der Waals surface area (Å²) >= 11 is 0. The predicted molar refractivity (Wildman–Crippen MR) is 101 cm³/mol. The molecule has 8 nitrogen and oxygen atoms in total.